The first-order chi connectivity index (χ1) is 9.95. The summed E-state index contributed by atoms with van der Waals surface area (Å²) in [5, 5.41) is 3.13. The van der Waals surface area contributed by atoms with Crippen molar-refractivity contribution >= 4 is 10.0 Å². The number of furan rings is 1. The number of hydrogen-bond donors (Lipinski definition) is 3. The van der Waals surface area contributed by atoms with Crippen LogP contribution in [0.1, 0.15) is 29.8 Å². The highest BCUT2D eigenvalue weighted by Gasteiger charge is 2.26. The molecule has 2 rings (SSSR count). The molecule has 0 spiro atoms. The van der Waals surface area contributed by atoms with E-state index in [2.05, 4.69) is 20.0 Å². The van der Waals surface area contributed by atoms with Crippen LogP contribution in [0.4, 0.5) is 0 Å². The largest absolute Gasteiger partial charge is 0.465 e. The average Bonchev–Trinajstić information content (AvgIpc) is 3.02. The Morgan fingerprint density at radius 3 is 2.67 bits per heavy atom. The van der Waals surface area contributed by atoms with E-state index in [0.29, 0.717) is 29.5 Å². The van der Waals surface area contributed by atoms with Crippen molar-refractivity contribution in [3.8, 4) is 0 Å². The summed E-state index contributed by atoms with van der Waals surface area (Å²) in [5.74, 6) is 1.57. The zero-order valence-corrected chi connectivity index (χ0v) is 13.2. The second kappa shape index (κ2) is 6.42. The van der Waals surface area contributed by atoms with Crippen LogP contribution in [0.5, 0.6) is 0 Å². The number of rotatable bonds is 7. The molecule has 0 saturated carbocycles. The standard InChI is InChI=1S/C13H20N4O3S/c1-4-14-7-11-9(2)20-10(3)13(11)21(18,19)17-8-12-15-5-6-16-12/h5-6,14,17H,4,7-8H2,1-3H3,(H,15,16). The Balaban J connectivity index is 2.26. The molecule has 0 atom stereocenters. The van der Waals surface area contributed by atoms with E-state index in [1.807, 2.05) is 6.92 Å². The normalized spacial score (nSPS) is 12.0. The summed E-state index contributed by atoms with van der Waals surface area (Å²) in [6.45, 7) is 6.71. The third-order valence-corrected chi connectivity index (χ3v) is 4.73. The van der Waals surface area contributed by atoms with Crippen LogP contribution in [0.2, 0.25) is 0 Å². The maximum Gasteiger partial charge on any atom is 0.244 e. The Kier molecular flexibility index (Phi) is 4.81. The van der Waals surface area contributed by atoms with Gasteiger partial charge in [-0.3, -0.25) is 0 Å². The van der Waals surface area contributed by atoms with Gasteiger partial charge in [0.2, 0.25) is 10.0 Å². The predicted molar refractivity (Wildman–Crippen MR) is 78.2 cm³/mol. The van der Waals surface area contributed by atoms with E-state index in [4.69, 9.17) is 4.42 Å². The Labute approximate surface area is 124 Å². The summed E-state index contributed by atoms with van der Waals surface area (Å²) in [4.78, 5) is 7.07. The zero-order chi connectivity index (χ0) is 15.5. The number of sulfonamides is 1. The van der Waals surface area contributed by atoms with Gasteiger partial charge in [0.25, 0.3) is 0 Å². The van der Waals surface area contributed by atoms with Crippen LogP contribution in [0.25, 0.3) is 0 Å². The minimum atomic E-state index is -3.65. The zero-order valence-electron chi connectivity index (χ0n) is 12.4. The van der Waals surface area contributed by atoms with Crippen LogP contribution < -0.4 is 10.0 Å². The fourth-order valence-corrected chi connectivity index (χ4v) is 3.58. The lowest BCUT2D eigenvalue weighted by Gasteiger charge is -2.08. The molecule has 2 aromatic rings. The number of aryl methyl sites for hydroxylation is 2. The molecule has 0 aliphatic heterocycles. The van der Waals surface area contributed by atoms with Crippen LogP contribution in [-0.2, 0) is 23.1 Å². The summed E-state index contributed by atoms with van der Waals surface area (Å²) in [5.41, 5.74) is 0.668. The summed E-state index contributed by atoms with van der Waals surface area (Å²) < 4.78 is 33.0. The van der Waals surface area contributed by atoms with Crippen molar-refractivity contribution in [3.63, 3.8) is 0 Å². The lowest BCUT2D eigenvalue weighted by molar-refractivity contribution is 0.493. The molecule has 0 radical (unpaired) electrons. The average molecular weight is 312 g/mol. The van der Waals surface area contributed by atoms with Gasteiger partial charge >= 0.3 is 0 Å². The van der Waals surface area contributed by atoms with Crippen LogP contribution in [0, 0.1) is 13.8 Å². The van der Waals surface area contributed by atoms with Gasteiger partial charge in [0.1, 0.15) is 22.2 Å². The molecule has 0 fully saturated rings. The van der Waals surface area contributed by atoms with Crippen molar-refractivity contribution in [2.24, 2.45) is 0 Å². The summed E-state index contributed by atoms with van der Waals surface area (Å²) in [6, 6.07) is 0. The summed E-state index contributed by atoms with van der Waals surface area (Å²) in [7, 11) is -3.65. The fourth-order valence-electron chi connectivity index (χ4n) is 2.15. The van der Waals surface area contributed by atoms with Crippen LogP contribution in [-0.4, -0.2) is 24.9 Å². The molecular formula is C13H20N4O3S. The molecule has 0 aliphatic rings. The maximum atomic E-state index is 12.5. The Morgan fingerprint density at radius 2 is 2.05 bits per heavy atom. The Hall–Kier alpha value is -1.64. The minimum Gasteiger partial charge on any atom is -0.465 e. The van der Waals surface area contributed by atoms with E-state index in [1.54, 1.807) is 26.2 Å². The lowest BCUT2D eigenvalue weighted by atomic mass is 10.2. The molecule has 0 aliphatic carbocycles. The Bertz CT molecular complexity index is 689. The first-order valence-corrected chi connectivity index (χ1v) is 8.21. The third kappa shape index (κ3) is 3.52. The smallest absolute Gasteiger partial charge is 0.244 e. The van der Waals surface area contributed by atoms with Gasteiger partial charge in [-0.25, -0.2) is 18.1 Å². The molecule has 2 heterocycles. The molecule has 2 aromatic heterocycles. The minimum absolute atomic E-state index is 0.111. The van der Waals surface area contributed by atoms with Crippen molar-refractivity contribution < 1.29 is 12.8 Å². The van der Waals surface area contributed by atoms with Gasteiger partial charge in [-0.15, -0.1) is 0 Å². The van der Waals surface area contributed by atoms with Gasteiger partial charge in [0.15, 0.2) is 0 Å². The van der Waals surface area contributed by atoms with Gasteiger partial charge in [0.05, 0.1) is 6.54 Å². The van der Waals surface area contributed by atoms with Gasteiger partial charge in [0, 0.05) is 24.5 Å². The van der Waals surface area contributed by atoms with Crippen LogP contribution in [0.15, 0.2) is 21.7 Å². The van der Waals surface area contributed by atoms with Crippen molar-refractivity contribution in [3.05, 3.63) is 35.3 Å². The van der Waals surface area contributed by atoms with Gasteiger partial charge in [-0.2, -0.15) is 0 Å². The molecule has 3 N–H and O–H groups in total. The first kappa shape index (κ1) is 15.7. The second-order valence-corrected chi connectivity index (χ2v) is 6.37. The molecule has 0 bridgehead atoms. The quantitative estimate of drug-likeness (QED) is 0.713. The van der Waals surface area contributed by atoms with E-state index >= 15 is 0 Å². The number of hydrogen-bond acceptors (Lipinski definition) is 5. The van der Waals surface area contributed by atoms with Crippen molar-refractivity contribution in [1.29, 1.82) is 0 Å². The molecule has 7 nitrogen and oxygen atoms in total. The fraction of sp³-hybridized carbons (Fsp3) is 0.462. The highest BCUT2D eigenvalue weighted by molar-refractivity contribution is 7.89. The van der Waals surface area contributed by atoms with E-state index < -0.39 is 10.0 Å². The summed E-state index contributed by atoms with van der Waals surface area (Å²) in [6.07, 6.45) is 3.22. The maximum absolute atomic E-state index is 12.5. The number of aromatic nitrogens is 2. The van der Waals surface area contributed by atoms with Crippen molar-refractivity contribution in [1.82, 2.24) is 20.0 Å². The summed E-state index contributed by atoms with van der Waals surface area (Å²) >= 11 is 0. The topological polar surface area (TPSA) is 100 Å². The molecule has 0 unspecified atom stereocenters. The second-order valence-electron chi connectivity index (χ2n) is 4.66. The molecule has 0 saturated heterocycles. The SMILES string of the molecule is CCNCc1c(C)oc(C)c1S(=O)(=O)NCc1ncc[nH]1. The van der Waals surface area contributed by atoms with E-state index in [1.165, 1.54) is 0 Å². The molecule has 0 amide bonds. The lowest BCUT2D eigenvalue weighted by Crippen LogP contribution is -2.26. The number of nitrogens with one attached hydrogen (secondary N) is 3. The van der Waals surface area contributed by atoms with Gasteiger partial charge in [-0.05, 0) is 20.4 Å². The van der Waals surface area contributed by atoms with Gasteiger partial charge < -0.3 is 14.7 Å². The molecule has 21 heavy (non-hydrogen) atoms. The van der Waals surface area contributed by atoms with Crippen LogP contribution in [0.3, 0.4) is 0 Å². The Morgan fingerprint density at radius 1 is 1.29 bits per heavy atom. The van der Waals surface area contributed by atoms with E-state index in [9.17, 15) is 8.42 Å². The van der Waals surface area contributed by atoms with Crippen LogP contribution >= 0.6 is 0 Å². The molecular weight excluding hydrogens is 292 g/mol. The van der Waals surface area contributed by atoms with E-state index in [0.717, 1.165) is 6.54 Å². The molecule has 8 heteroatoms. The predicted octanol–water partition coefficient (Wildman–Crippen LogP) is 1.21. The number of nitrogens with zero attached hydrogens (tertiary/aromatic N) is 1. The van der Waals surface area contributed by atoms with Crippen molar-refractivity contribution in [2.45, 2.75) is 38.8 Å². The first-order valence-electron chi connectivity index (χ1n) is 6.73. The number of H-pyrrole nitrogens is 1. The van der Waals surface area contributed by atoms with Gasteiger partial charge in [-0.1, -0.05) is 6.92 Å². The third-order valence-electron chi connectivity index (χ3n) is 3.13. The number of aromatic amines is 1. The molecule has 116 valence electrons. The van der Waals surface area contributed by atoms with Crippen molar-refractivity contribution in [2.75, 3.05) is 6.54 Å². The highest BCUT2D eigenvalue weighted by atomic mass is 32.2. The highest BCUT2D eigenvalue weighted by Crippen LogP contribution is 2.26. The van der Waals surface area contributed by atoms with E-state index in [-0.39, 0.29) is 11.4 Å². The molecule has 0 aromatic carbocycles. The monoisotopic (exact) mass is 312 g/mol. The number of imidazole rings is 1.